The summed E-state index contributed by atoms with van der Waals surface area (Å²) in [6.07, 6.45) is 4.83. The number of hydrogen-bond acceptors (Lipinski definition) is 2. The van der Waals surface area contributed by atoms with E-state index in [1.54, 1.807) is 16.5 Å². The van der Waals surface area contributed by atoms with Crippen LogP contribution < -0.4 is 0 Å². The molecule has 0 amide bonds. The number of halogens is 1. The van der Waals surface area contributed by atoms with Crippen LogP contribution in [0.4, 0.5) is 5.69 Å². The van der Waals surface area contributed by atoms with Gasteiger partial charge in [-0.2, -0.15) is 0 Å². The van der Waals surface area contributed by atoms with Crippen LogP contribution in [0, 0.1) is 0 Å². The summed E-state index contributed by atoms with van der Waals surface area (Å²) >= 11 is 2.10. The van der Waals surface area contributed by atoms with Gasteiger partial charge >= 0.3 is 0 Å². The predicted octanol–water partition coefficient (Wildman–Crippen LogP) is 7.44. The first-order chi connectivity index (χ1) is 10.8. The van der Waals surface area contributed by atoms with Gasteiger partial charge in [0.1, 0.15) is 0 Å². The molecule has 0 atom stereocenters. The summed E-state index contributed by atoms with van der Waals surface area (Å²) in [7, 11) is 0. The average Bonchev–Trinajstić information content (AvgIpc) is 2.60. The molecule has 0 saturated carbocycles. The molecule has 1 aromatic heterocycles. The topological polar surface area (TPSA) is 25.2 Å². The summed E-state index contributed by atoms with van der Waals surface area (Å²) in [5, 5.41) is 1.10. The zero-order valence-corrected chi connectivity index (χ0v) is 18.7. The van der Waals surface area contributed by atoms with Gasteiger partial charge in [-0.1, -0.05) is 78.8 Å². The maximum Gasteiger partial charge on any atom is 0.0969 e. The van der Waals surface area contributed by atoms with Crippen LogP contribution in [-0.4, -0.2) is 9.21 Å². The zero-order valence-electron chi connectivity index (χ0n) is 15.2. The van der Waals surface area contributed by atoms with E-state index in [0.29, 0.717) is 0 Å². The van der Waals surface area contributed by atoms with Crippen molar-refractivity contribution in [2.45, 2.75) is 48.0 Å². The number of hydrogen-bond donors (Lipinski definition) is 0. The largest absolute Gasteiger partial charge is 0.254 e. The first kappa shape index (κ1) is 27.2. The van der Waals surface area contributed by atoms with Crippen molar-refractivity contribution in [2.75, 3.05) is 0 Å². The normalized spacial score (nSPS) is 8.48. The standard InChI is InChI=1S/C12H9IN2.C3H8.2C2H6.V/c1-2-9-5-6-10-4-3-7-14-12(10)11(9)15-8-13;1-3-2;2*1-2;/h2-8H,1H2;3H2,1-2H3;2*1-2H3;. The second kappa shape index (κ2) is 19.4. The first-order valence-electron chi connectivity index (χ1n) is 7.91. The van der Waals surface area contributed by atoms with Gasteiger partial charge in [-0.3, -0.25) is 4.98 Å². The molecule has 4 heteroatoms. The van der Waals surface area contributed by atoms with E-state index in [4.69, 9.17) is 0 Å². The number of rotatable bonds is 2. The molecule has 0 N–H and O–H groups in total. The summed E-state index contributed by atoms with van der Waals surface area (Å²) in [6, 6.07) is 8.00. The molecule has 1 aromatic carbocycles. The molecular formula is C19H29IN2V. The van der Waals surface area contributed by atoms with Crippen molar-refractivity contribution in [2.24, 2.45) is 4.99 Å². The van der Waals surface area contributed by atoms with Crippen LogP contribution in [0.2, 0.25) is 0 Å². The Labute approximate surface area is 167 Å². The van der Waals surface area contributed by atoms with Crippen LogP contribution in [0.5, 0.6) is 0 Å². The van der Waals surface area contributed by atoms with Gasteiger partial charge < -0.3 is 0 Å². The van der Waals surface area contributed by atoms with Crippen molar-refractivity contribution in [1.82, 2.24) is 4.98 Å². The minimum Gasteiger partial charge on any atom is -0.254 e. The van der Waals surface area contributed by atoms with Gasteiger partial charge in [0.15, 0.2) is 0 Å². The third-order valence-corrected chi connectivity index (χ3v) is 2.46. The summed E-state index contributed by atoms with van der Waals surface area (Å²) in [6.45, 7) is 16.0. The molecule has 0 spiro atoms. The average molecular weight is 463 g/mol. The third kappa shape index (κ3) is 9.95. The predicted molar refractivity (Wildman–Crippen MR) is 113 cm³/mol. The summed E-state index contributed by atoms with van der Waals surface area (Å²) in [5.41, 5.74) is 2.81. The fourth-order valence-electron chi connectivity index (χ4n) is 1.49. The Morgan fingerprint density at radius 1 is 1.13 bits per heavy atom. The minimum absolute atomic E-state index is 0. The Bertz CT molecular complexity index is 554. The maximum absolute atomic E-state index is 4.34. The van der Waals surface area contributed by atoms with Crippen LogP contribution in [-0.2, 0) is 18.6 Å². The number of aliphatic imine (C=N–C) groups is 1. The number of nitrogens with zero attached hydrogens (tertiary/aromatic N) is 2. The van der Waals surface area contributed by atoms with E-state index in [1.165, 1.54) is 6.42 Å². The van der Waals surface area contributed by atoms with Crippen LogP contribution in [0.15, 0.2) is 42.0 Å². The summed E-state index contributed by atoms with van der Waals surface area (Å²) in [5.74, 6) is 0. The van der Waals surface area contributed by atoms with Gasteiger partial charge in [0.2, 0.25) is 0 Å². The van der Waals surface area contributed by atoms with Gasteiger partial charge in [-0.25, -0.2) is 4.99 Å². The van der Waals surface area contributed by atoms with Crippen LogP contribution in [0.25, 0.3) is 17.0 Å². The third-order valence-electron chi connectivity index (χ3n) is 2.18. The maximum atomic E-state index is 4.34. The second-order valence-corrected chi connectivity index (χ2v) is 4.27. The molecule has 0 aliphatic carbocycles. The molecule has 0 aliphatic rings. The van der Waals surface area contributed by atoms with Crippen molar-refractivity contribution in [3.8, 4) is 0 Å². The Kier molecular flexibility index (Phi) is 23.0. The monoisotopic (exact) mass is 463 g/mol. The molecule has 2 aromatic rings. The molecule has 1 radical (unpaired) electrons. The smallest absolute Gasteiger partial charge is 0.0969 e. The SMILES string of the molecule is C=Cc1ccc2cccnc2c1N=CI.CC.CC.CCC.[V]. The van der Waals surface area contributed by atoms with E-state index < -0.39 is 0 Å². The summed E-state index contributed by atoms with van der Waals surface area (Å²) in [4.78, 5) is 8.68. The van der Waals surface area contributed by atoms with Crippen molar-refractivity contribution in [3.63, 3.8) is 0 Å². The van der Waals surface area contributed by atoms with Crippen molar-refractivity contribution >= 4 is 49.5 Å². The van der Waals surface area contributed by atoms with Gasteiger partial charge in [0.05, 0.1) is 15.4 Å². The fourth-order valence-corrected chi connectivity index (χ4v) is 1.77. The van der Waals surface area contributed by atoms with Crippen LogP contribution in [0.3, 0.4) is 0 Å². The van der Waals surface area contributed by atoms with E-state index in [1.807, 2.05) is 52.0 Å². The summed E-state index contributed by atoms with van der Waals surface area (Å²) < 4.78 is 1.74. The Balaban J connectivity index is -0.000000439. The van der Waals surface area contributed by atoms with E-state index in [0.717, 1.165) is 22.2 Å². The Morgan fingerprint density at radius 2 is 1.70 bits per heavy atom. The molecule has 2 rings (SSSR count). The zero-order chi connectivity index (χ0) is 17.4. The van der Waals surface area contributed by atoms with Crippen LogP contribution in [0.1, 0.15) is 53.5 Å². The minimum atomic E-state index is 0. The van der Waals surface area contributed by atoms with E-state index >= 15 is 0 Å². The quantitative estimate of drug-likeness (QED) is 0.336. The molecule has 0 bridgehead atoms. The van der Waals surface area contributed by atoms with Crippen molar-refractivity contribution in [1.29, 1.82) is 0 Å². The molecule has 23 heavy (non-hydrogen) atoms. The molecule has 0 fully saturated rings. The van der Waals surface area contributed by atoms with E-state index in [2.05, 4.69) is 53.0 Å². The van der Waals surface area contributed by atoms with Gasteiger partial charge in [0, 0.05) is 35.7 Å². The molecular weight excluding hydrogens is 434 g/mol. The van der Waals surface area contributed by atoms with Gasteiger partial charge in [-0.15, -0.1) is 0 Å². The molecule has 0 aliphatic heterocycles. The number of aromatic nitrogens is 1. The van der Waals surface area contributed by atoms with Gasteiger partial charge in [0.25, 0.3) is 0 Å². The molecule has 0 unspecified atom stereocenters. The molecule has 2 nitrogen and oxygen atoms in total. The number of benzene rings is 1. The molecule has 0 saturated heterocycles. The fraction of sp³-hybridized carbons (Fsp3) is 0.368. The van der Waals surface area contributed by atoms with E-state index in [9.17, 15) is 0 Å². The number of fused-ring (bicyclic) bond motifs is 1. The Hall–Kier alpha value is -0.646. The van der Waals surface area contributed by atoms with E-state index in [-0.39, 0.29) is 18.6 Å². The number of pyridine rings is 1. The van der Waals surface area contributed by atoms with Crippen molar-refractivity contribution in [3.05, 3.63) is 42.6 Å². The van der Waals surface area contributed by atoms with Crippen molar-refractivity contribution < 1.29 is 18.6 Å². The molecule has 1 heterocycles. The molecule has 127 valence electrons. The second-order valence-electron chi connectivity index (χ2n) is 3.72. The Morgan fingerprint density at radius 3 is 2.17 bits per heavy atom. The first-order valence-corrected chi connectivity index (χ1v) is 9.15. The van der Waals surface area contributed by atoms with Crippen LogP contribution >= 0.6 is 22.6 Å². The van der Waals surface area contributed by atoms with Gasteiger partial charge in [-0.05, 0) is 28.7 Å².